The van der Waals surface area contributed by atoms with Crippen LogP contribution in [0.15, 0.2) is 58.0 Å². The van der Waals surface area contributed by atoms with Gasteiger partial charge in [0.2, 0.25) is 5.89 Å². The van der Waals surface area contributed by atoms with E-state index < -0.39 is 18.1 Å². The zero-order valence-electron chi connectivity index (χ0n) is 21.6. The Bertz CT molecular complexity index is 1580. The molecule has 12 heteroatoms. The van der Waals surface area contributed by atoms with Crippen LogP contribution >= 0.6 is 0 Å². The van der Waals surface area contributed by atoms with Crippen LogP contribution in [0.5, 0.6) is 0 Å². The highest BCUT2D eigenvalue weighted by atomic mass is 19.3. The topological polar surface area (TPSA) is 94.0 Å². The Balaban J connectivity index is 0.000000455. The van der Waals surface area contributed by atoms with Crippen LogP contribution in [0.25, 0.3) is 28.1 Å². The first-order valence-corrected chi connectivity index (χ1v) is 12.6. The van der Waals surface area contributed by atoms with Gasteiger partial charge in [-0.2, -0.15) is 8.78 Å². The molecule has 39 heavy (non-hydrogen) atoms. The molecule has 1 saturated heterocycles. The highest BCUT2D eigenvalue weighted by molar-refractivity contribution is 5.85. The lowest BCUT2D eigenvalue weighted by molar-refractivity contribution is 0.116. The highest BCUT2D eigenvalue weighted by Gasteiger charge is 2.19. The lowest BCUT2D eigenvalue weighted by Gasteiger charge is -2.11. The molecule has 204 valence electrons. The van der Waals surface area contributed by atoms with Crippen molar-refractivity contribution in [2.75, 3.05) is 26.7 Å². The van der Waals surface area contributed by atoms with Crippen molar-refractivity contribution in [3.05, 3.63) is 82.3 Å². The molecule has 3 aromatic heterocycles. The van der Waals surface area contributed by atoms with E-state index in [2.05, 4.69) is 32.4 Å². The minimum atomic E-state index is -2.86. The van der Waals surface area contributed by atoms with Gasteiger partial charge in [0.05, 0.1) is 28.8 Å². The van der Waals surface area contributed by atoms with Crippen LogP contribution in [0.2, 0.25) is 0 Å². The summed E-state index contributed by atoms with van der Waals surface area (Å²) in [5, 5.41) is 9.92. The number of imidazole rings is 1. The van der Waals surface area contributed by atoms with Gasteiger partial charge < -0.3 is 14.6 Å². The molecule has 1 aromatic carbocycles. The van der Waals surface area contributed by atoms with Crippen molar-refractivity contribution in [1.29, 1.82) is 0 Å². The first kappa shape index (κ1) is 26.4. The second-order valence-electron chi connectivity index (χ2n) is 9.45. The van der Waals surface area contributed by atoms with Crippen molar-refractivity contribution in [2.45, 2.75) is 25.8 Å². The fraction of sp³-hybridized carbons (Fsp3) is 0.333. The van der Waals surface area contributed by atoms with Gasteiger partial charge in [-0.1, -0.05) is 12.2 Å². The van der Waals surface area contributed by atoms with E-state index in [-0.39, 0.29) is 18.1 Å². The zero-order valence-corrected chi connectivity index (χ0v) is 21.6. The molecular weight excluding hydrogens is 511 g/mol. The Hall–Kier alpha value is -4.19. The average Bonchev–Trinajstić information content (AvgIpc) is 3.68. The second-order valence-corrected chi connectivity index (χ2v) is 9.45. The summed E-state index contributed by atoms with van der Waals surface area (Å²) < 4.78 is 48.0. The lowest BCUT2D eigenvalue weighted by Crippen LogP contribution is -2.23. The summed E-state index contributed by atoms with van der Waals surface area (Å²) in [6, 6.07) is 6.18. The third-order valence-corrected chi connectivity index (χ3v) is 6.68. The third-order valence-electron chi connectivity index (χ3n) is 6.68. The lowest BCUT2D eigenvalue weighted by atomic mass is 10.0. The summed E-state index contributed by atoms with van der Waals surface area (Å²) in [5.74, 6) is -1.30. The van der Waals surface area contributed by atoms with Crippen molar-refractivity contribution in [1.82, 2.24) is 34.5 Å². The maximum Gasteiger partial charge on any atom is 0.329 e. The smallest absolute Gasteiger partial charge is 0.329 e. The first-order valence-electron chi connectivity index (χ1n) is 12.6. The molecule has 9 nitrogen and oxygen atoms in total. The number of alkyl halides is 2. The van der Waals surface area contributed by atoms with Crippen LogP contribution in [-0.2, 0) is 13.6 Å². The number of likely N-dealkylation sites (tertiary alicyclic amines) is 1. The van der Waals surface area contributed by atoms with Crippen molar-refractivity contribution in [2.24, 2.45) is 7.05 Å². The van der Waals surface area contributed by atoms with Gasteiger partial charge >= 0.3 is 12.1 Å². The van der Waals surface area contributed by atoms with Crippen LogP contribution in [0.3, 0.4) is 0 Å². The molecule has 0 saturated carbocycles. The van der Waals surface area contributed by atoms with Crippen LogP contribution < -0.4 is 11.0 Å². The number of allylic oxidation sites excluding steroid dienone is 2. The Morgan fingerprint density at radius 2 is 1.90 bits per heavy atom. The summed E-state index contributed by atoms with van der Waals surface area (Å²) in [7, 11) is 3.80. The molecule has 1 fully saturated rings. The quantitative estimate of drug-likeness (QED) is 0.408. The average molecular weight is 540 g/mol. The molecule has 0 atom stereocenters. The van der Waals surface area contributed by atoms with Gasteiger partial charge in [-0.05, 0) is 51.2 Å². The van der Waals surface area contributed by atoms with E-state index in [1.165, 1.54) is 47.3 Å². The number of aromatic nitrogens is 5. The van der Waals surface area contributed by atoms with Gasteiger partial charge in [0.15, 0.2) is 0 Å². The number of nitrogens with zero attached hydrogens (tertiary/aromatic N) is 6. The number of pyridine rings is 1. The van der Waals surface area contributed by atoms with Crippen molar-refractivity contribution < 1.29 is 17.6 Å². The maximum atomic E-state index is 14.9. The van der Waals surface area contributed by atoms with Crippen molar-refractivity contribution in [3.8, 4) is 11.5 Å². The SMILES string of the molecule is CN1CCCC1.Cn1c(=O)n(Cc2ccc(-c3nnc(C(F)F)o3)cn2)c2cc(F)c(C3=CNCC=C3)cc21. The highest BCUT2D eigenvalue weighted by Crippen LogP contribution is 2.26. The summed E-state index contributed by atoms with van der Waals surface area (Å²) >= 11 is 0. The van der Waals surface area contributed by atoms with Crippen LogP contribution in [0, 0.1) is 5.82 Å². The van der Waals surface area contributed by atoms with Crippen LogP contribution in [0.1, 0.15) is 36.4 Å². The number of rotatable bonds is 5. The van der Waals surface area contributed by atoms with Gasteiger partial charge in [-0.15, -0.1) is 10.2 Å². The predicted molar refractivity (Wildman–Crippen MR) is 141 cm³/mol. The monoisotopic (exact) mass is 539 g/mol. The molecule has 6 rings (SSSR count). The maximum absolute atomic E-state index is 14.9. The van der Waals surface area contributed by atoms with Crippen molar-refractivity contribution >= 4 is 16.6 Å². The minimum Gasteiger partial charge on any atom is -0.415 e. The molecule has 2 aliphatic heterocycles. The van der Waals surface area contributed by atoms with E-state index in [1.54, 1.807) is 31.4 Å². The van der Waals surface area contributed by atoms with Crippen LogP contribution in [-0.4, -0.2) is 55.9 Å². The van der Waals surface area contributed by atoms with Gasteiger partial charge in [0.25, 0.3) is 5.89 Å². The molecule has 4 aromatic rings. The minimum absolute atomic E-state index is 0.0816. The van der Waals surface area contributed by atoms with E-state index >= 15 is 0 Å². The number of aryl methyl sites for hydroxylation is 1. The third kappa shape index (κ3) is 5.65. The number of hydrogen-bond donors (Lipinski definition) is 1. The molecular formula is C27H28F3N7O2. The predicted octanol–water partition coefficient (Wildman–Crippen LogP) is 4.12. The summed E-state index contributed by atoms with van der Waals surface area (Å²) in [6.07, 6.45) is 6.81. The Kier molecular flexibility index (Phi) is 7.64. The molecule has 0 amide bonds. The molecule has 1 N–H and O–H groups in total. The van der Waals surface area contributed by atoms with Gasteiger partial charge in [0, 0.05) is 43.2 Å². The summed E-state index contributed by atoms with van der Waals surface area (Å²) in [5.41, 5.74) is 2.64. The Morgan fingerprint density at radius 3 is 2.49 bits per heavy atom. The number of dihydropyridines is 1. The van der Waals surface area contributed by atoms with Gasteiger partial charge in [0.1, 0.15) is 5.82 Å². The summed E-state index contributed by atoms with van der Waals surface area (Å²) in [6.45, 7) is 3.40. The Labute approximate surface area is 222 Å². The second kappa shape index (κ2) is 11.3. The van der Waals surface area contributed by atoms with E-state index in [4.69, 9.17) is 4.42 Å². The molecule has 0 spiro atoms. The van der Waals surface area contributed by atoms with E-state index in [0.717, 1.165) is 0 Å². The molecule has 5 heterocycles. The molecule has 0 bridgehead atoms. The number of hydrogen-bond acceptors (Lipinski definition) is 7. The zero-order chi connectivity index (χ0) is 27.5. The number of benzene rings is 1. The van der Waals surface area contributed by atoms with E-state index in [9.17, 15) is 18.0 Å². The first-order chi connectivity index (χ1) is 18.8. The van der Waals surface area contributed by atoms with Crippen LogP contribution in [0.4, 0.5) is 13.2 Å². The molecule has 0 radical (unpaired) electrons. The molecule has 0 unspecified atom stereocenters. The standard InChI is InChI=1S/C22H17F3N6O2.C5H11N/c1-30-17-7-15(12-3-2-6-26-9-12)16(23)8-18(17)31(22(30)32)11-14-5-4-13(10-27-14)20-28-29-21(33-20)19(24)25;1-6-4-2-3-5-6/h2-5,7-10,19,26H,6,11H2,1H3;2-5H2,1H3. The Morgan fingerprint density at radius 1 is 1.10 bits per heavy atom. The normalized spacial score (nSPS) is 15.4. The molecule has 0 aliphatic carbocycles. The van der Waals surface area contributed by atoms with Crippen molar-refractivity contribution in [3.63, 3.8) is 0 Å². The van der Waals surface area contributed by atoms with E-state index in [0.29, 0.717) is 40.0 Å². The molecule has 2 aliphatic rings. The fourth-order valence-corrected chi connectivity index (χ4v) is 4.56. The number of nitrogens with one attached hydrogen (secondary N) is 1. The fourth-order valence-electron chi connectivity index (χ4n) is 4.56. The summed E-state index contributed by atoms with van der Waals surface area (Å²) in [4.78, 5) is 19.5. The van der Waals surface area contributed by atoms with E-state index in [1.807, 2.05) is 12.2 Å². The number of fused-ring (bicyclic) bond motifs is 1. The number of halogens is 3. The largest absolute Gasteiger partial charge is 0.415 e. The van der Waals surface area contributed by atoms with Gasteiger partial charge in [-0.25, -0.2) is 9.18 Å². The van der Waals surface area contributed by atoms with Gasteiger partial charge in [-0.3, -0.25) is 14.1 Å².